The number of para-hydroxylation sites is 7. The highest BCUT2D eigenvalue weighted by molar-refractivity contribution is 6.19. The van der Waals surface area contributed by atoms with Gasteiger partial charge in [0.2, 0.25) is 5.69 Å². The molecular formula is C138H114N12. The van der Waals surface area contributed by atoms with Gasteiger partial charge in [-0.1, -0.05) is 307 Å². The molecule has 12 nitrogen and oxygen atoms in total. The van der Waals surface area contributed by atoms with Gasteiger partial charge >= 0.3 is 0 Å². The molecule has 0 aliphatic heterocycles. The zero-order valence-electron chi connectivity index (χ0n) is 88.0. The molecule has 24 aromatic rings. The molecule has 0 aliphatic carbocycles. The lowest BCUT2D eigenvalue weighted by Crippen LogP contribution is -2.10. The van der Waals surface area contributed by atoms with Crippen LogP contribution < -0.4 is 0 Å². The van der Waals surface area contributed by atoms with Crippen LogP contribution in [0.15, 0.2) is 364 Å². The van der Waals surface area contributed by atoms with Crippen LogP contribution in [-0.2, 0) is 32.5 Å². The van der Waals surface area contributed by atoms with Gasteiger partial charge in [-0.3, -0.25) is 0 Å². The van der Waals surface area contributed by atoms with Gasteiger partial charge in [0, 0.05) is 87.3 Å². The molecule has 0 radical (unpaired) electrons. The van der Waals surface area contributed by atoms with E-state index in [9.17, 15) is 15.8 Å². The first-order valence-electron chi connectivity index (χ1n) is 51.4. The van der Waals surface area contributed by atoms with Gasteiger partial charge in [0.25, 0.3) is 0 Å². The van der Waals surface area contributed by atoms with Crippen LogP contribution in [0.4, 0.5) is 17.1 Å². The maximum atomic E-state index is 10.1. The Labute approximate surface area is 876 Å². The summed E-state index contributed by atoms with van der Waals surface area (Å²) in [7, 11) is 0. The van der Waals surface area contributed by atoms with Gasteiger partial charge in [0.1, 0.15) is 0 Å². The van der Waals surface area contributed by atoms with Crippen molar-refractivity contribution in [2.24, 2.45) is 0 Å². The van der Waals surface area contributed by atoms with Gasteiger partial charge in [-0.15, -0.1) is 0 Å². The first-order chi connectivity index (χ1) is 71.9. The number of nitrogens with zero attached hydrogens (tertiary/aromatic N) is 12. The van der Waals surface area contributed by atoms with Gasteiger partial charge in [0.15, 0.2) is 11.4 Å². The van der Waals surface area contributed by atoms with E-state index in [1.165, 1.54) is 65.7 Å². The van der Waals surface area contributed by atoms with Crippen LogP contribution in [0.1, 0.15) is 175 Å². The molecule has 18 aromatic carbocycles. The van der Waals surface area contributed by atoms with Crippen molar-refractivity contribution in [3.05, 3.63) is 448 Å². The number of hydrogen-bond acceptors (Lipinski definition) is 3. The Balaban J connectivity index is 0.000000127. The number of benzene rings is 18. The summed E-state index contributed by atoms with van der Waals surface area (Å²) in [5, 5.41) is 43.9. The predicted octanol–water partition coefficient (Wildman–Crippen LogP) is 37.7. The van der Waals surface area contributed by atoms with Crippen LogP contribution in [0.5, 0.6) is 0 Å². The Morgan fingerprint density at radius 2 is 0.467 bits per heavy atom. The third-order valence-electron chi connectivity index (χ3n) is 30.3. The second-order valence-electron chi connectivity index (χ2n) is 46.0. The van der Waals surface area contributed by atoms with Crippen molar-refractivity contribution in [2.75, 3.05) is 0 Å². The van der Waals surface area contributed by atoms with Gasteiger partial charge in [-0.05, 0) is 281 Å². The summed E-state index contributed by atoms with van der Waals surface area (Å²) in [5.41, 5.74) is 34.6. The minimum absolute atomic E-state index is 0.0133. The quantitative estimate of drug-likeness (QED) is 0.134. The van der Waals surface area contributed by atoms with Gasteiger partial charge in [0.05, 0.1) is 132 Å². The second-order valence-corrected chi connectivity index (χ2v) is 46.0. The summed E-state index contributed by atoms with van der Waals surface area (Å²) in [5.74, 6) is 0. The van der Waals surface area contributed by atoms with E-state index in [-0.39, 0.29) is 32.5 Å². The molecule has 0 amide bonds. The topological polar surface area (TPSA) is 114 Å². The van der Waals surface area contributed by atoms with E-state index in [1.54, 1.807) is 24.3 Å². The Morgan fingerprint density at radius 1 is 0.193 bits per heavy atom. The number of hydrogen-bond donors (Lipinski definition) is 0. The highest BCUT2D eigenvalue weighted by atomic mass is 15.0. The average Bonchev–Trinajstić information content (AvgIpc) is 1.56. The fourth-order valence-electron chi connectivity index (χ4n) is 22.2. The zero-order chi connectivity index (χ0) is 105. The molecule has 24 rings (SSSR count). The Kier molecular flexibility index (Phi) is 23.4. The first kappa shape index (κ1) is 96.5. The second kappa shape index (κ2) is 36.4. The summed E-state index contributed by atoms with van der Waals surface area (Å²) in [4.78, 5) is 11.9. The molecule has 6 aromatic heterocycles. The summed E-state index contributed by atoms with van der Waals surface area (Å²) in [6.07, 6.45) is 0. The van der Waals surface area contributed by atoms with E-state index in [4.69, 9.17) is 19.7 Å². The summed E-state index contributed by atoms with van der Waals surface area (Å²) in [6.45, 7) is 65.3. The lowest BCUT2D eigenvalue weighted by atomic mass is 9.85. The molecule has 12 heteroatoms. The van der Waals surface area contributed by atoms with Crippen LogP contribution >= 0.6 is 0 Å². The van der Waals surface area contributed by atoms with Crippen molar-refractivity contribution in [3.8, 4) is 85.7 Å². The molecule has 0 saturated heterocycles. The molecule has 0 fully saturated rings. The largest absolute Gasteiger partial charge is 0.309 e. The number of fused-ring (bicyclic) bond motifs is 18. The van der Waals surface area contributed by atoms with E-state index >= 15 is 0 Å². The van der Waals surface area contributed by atoms with Gasteiger partial charge in [-0.25, -0.2) is 14.5 Å². The minimum Gasteiger partial charge on any atom is -0.309 e. The molecular weight excluding hydrogens is 1830 g/mol. The average molecular weight is 1940 g/mol. The highest BCUT2D eigenvalue weighted by Gasteiger charge is 2.32. The normalized spacial score (nSPS) is 12.2. The highest BCUT2D eigenvalue weighted by Crippen LogP contribution is 2.52. The number of nitriles is 3. The molecule has 0 saturated carbocycles. The molecule has 0 N–H and O–H groups in total. The standard InChI is InChI=1S/3C46H38N4/c1-45(2,3)30-20-22-40-35(24-30)36-25-31(46(4,5)6)21-23-41(36)50(40)43-26-37-33-17-11-12-19-39(33)49(32-15-9-8-10-16-32)42(37)27-38(43)34-18-13-14-29(28-47)44(34)48-7;1-45(2,3)30-18-21-41-35(24-30)36-25-31(46(4,5)6)19-22-42(36)50(41)44-27-38-34-15-11-12-16-40(34)49(32-13-9-8-10-14-32)43(38)26-37(44)33-20-17-29(28-47)23-39(33)48-7;1-45(2,3)30-18-21-41-35(24-30)36-25-31(46(4,5)6)19-22-42(36)50(41)44-26-37-33-15-11-12-16-40(33)49(32-13-9-8-10-14-32)43(37)27-38(44)34-23-29(28-47)17-20-39(34)48-7/h3*8-27H,1-6H3. The van der Waals surface area contributed by atoms with Crippen LogP contribution in [0.25, 0.3) is 213 Å². The lowest BCUT2D eigenvalue weighted by Gasteiger charge is -2.20. The Bertz CT molecular complexity index is 9480. The zero-order valence-corrected chi connectivity index (χ0v) is 88.0. The van der Waals surface area contributed by atoms with E-state index in [1.807, 2.05) is 48.5 Å². The number of rotatable bonds is 9. The van der Waals surface area contributed by atoms with Crippen molar-refractivity contribution in [1.82, 2.24) is 27.4 Å². The van der Waals surface area contributed by atoms with E-state index in [0.717, 1.165) is 166 Å². The fraction of sp³-hybridized carbons (Fsp3) is 0.174. The van der Waals surface area contributed by atoms with Crippen molar-refractivity contribution in [3.63, 3.8) is 0 Å². The monoisotopic (exact) mass is 1940 g/mol. The van der Waals surface area contributed by atoms with E-state index in [2.05, 4.69) is 476 Å². The summed E-state index contributed by atoms with van der Waals surface area (Å²) in [6, 6.07) is 135. The molecule has 0 atom stereocenters. The third kappa shape index (κ3) is 16.5. The predicted molar refractivity (Wildman–Crippen MR) is 627 cm³/mol. The molecule has 0 bridgehead atoms. The summed E-state index contributed by atoms with van der Waals surface area (Å²) < 4.78 is 14.1. The SMILES string of the molecule is [C-]#[N+]c1c(C#N)cccc1-c1cc2c(cc1-n1c3ccc(C(C)(C)C)cc3c3cc(C(C)(C)C)ccc31)c1ccccc1n2-c1ccccc1.[C-]#[N+]c1cc(C#N)ccc1-c1cc2c(cc1-n1c3ccc(C(C)(C)C)cc3c3cc(C(C)(C)C)ccc31)c1ccccc1n2-c1ccccc1.[C-]#[N+]c1ccc(C#N)cc1-c1cc2c(cc1-n1c3ccc(C(C)(C)C)cc3c3cc(C(C)(C)C)ccc31)c1ccccc1n2-c1ccccc1. The molecule has 0 unspecified atom stereocenters. The molecule has 0 spiro atoms. The Hall–Kier alpha value is -18.3. The fourth-order valence-corrected chi connectivity index (χ4v) is 22.2. The van der Waals surface area contributed by atoms with Crippen molar-refractivity contribution >= 4 is 148 Å². The van der Waals surface area contributed by atoms with Crippen LogP contribution in [0, 0.1) is 53.7 Å². The lowest BCUT2D eigenvalue weighted by molar-refractivity contribution is 0.590. The van der Waals surface area contributed by atoms with Crippen molar-refractivity contribution in [2.45, 2.75) is 157 Å². The van der Waals surface area contributed by atoms with Crippen molar-refractivity contribution < 1.29 is 0 Å². The molecule has 726 valence electrons. The minimum atomic E-state index is -0.0180. The molecule has 150 heavy (non-hydrogen) atoms. The van der Waals surface area contributed by atoms with Crippen molar-refractivity contribution in [1.29, 1.82) is 15.8 Å². The van der Waals surface area contributed by atoms with Crippen LogP contribution in [0.2, 0.25) is 0 Å². The maximum Gasteiger partial charge on any atom is 0.212 e. The first-order valence-corrected chi connectivity index (χ1v) is 51.4. The van der Waals surface area contributed by atoms with Crippen LogP contribution in [-0.4, -0.2) is 27.4 Å². The molecule has 6 heterocycles. The maximum absolute atomic E-state index is 10.1. The third-order valence-corrected chi connectivity index (χ3v) is 30.3. The van der Waals surface area contributed by atoms with E-state index < -0.39 is 0 Å². The molecule has 0 aliphatic rings. The smallest absolute Gasteiger partial charge is 0.212 e. The summed E-state index contributed by atoms with van der Waals surface area (Å²) >= 11 is 0. The van der Waals surface area contributed by atoms with Gasteiger partial charge in [-0.2, -0.15) is 15.8 Å². The van der Waals surface area contributed by atoms with E-state index in [0.29, 0.717) is 33.8 Å². The van der Waals surface area contributed by atoms with Gasteiger partial charge < -0.3 is 27.4 Å². The van der Waals surface area contributed by atoms with Crippen LogP contribution in [0.3, 0.4) is 0 Å². The Morgan fingerprint density at radius 3 is 0.760 bits per heavy atom. The number of aromatic nitrogens is 6.